The molecule has 0 aliphatic carbocycles. The van der Waals surface area contributed by atoms with Crippen LogP contribution in [0.15, 0.2) is 96.5 Å². The van der Waals surface area contributed by atoms with Gasteiger partial charge in [0.2, 0.25) is 0 Å². The van der Waals surface area contributed by atoms with Crippen molar-refractivity contribution in [1.29, 1.82) is 0 Å². The SMILES string of the molecule is C=C(OC)/C(OC)=C(C=CCn1cnc(C)c1)/C=C1\CCCN(N(CCC)c2ccc(F)cc2)C1=C. The minimum atomic E-state index is -0.244. The molecule has 36 heavy (non-hydrogen) atoms. The van der Waals surface area contributed by atoms with Crippen molar-refractivity contribution in [2.45, 2.75) is 39.7 Å². The van der Waals surface area contributed by atoms with Crippen LogP contribution in [0.3, 0.4) is 0 Å². The zero-order valence-electron chi connectivity index (χ0n) is 21.8. The van der Waals surface area contributed by atoms with Crippen LogP contribution < -0.4 is 5.01 Å². The van der Waals surface area contributed by atoms with Crippen molar-refractivity contribution in [1.82, 2.24) is 14.6 Å². The van der Waals surface area contributed by atoms with E-state index in [0.717, 1.165) is 60.6 Å². The first-order chi connectivity index (χ1) is 17.4. The van der Waals surface area contributed by atoms with Crippen molar-refractivity contribution in [3.8, 4) is 0 Å². The number of aryl methyl sites for hydroxylation is 1. The smallest absolute Gasteiger partial charge is 0.167 e. The fourth-order valence-corrected chi connectivity index (χ4v) is 4.24. The Morgan fingerprint density at radius 1 is 1.22 bits per heavy atom. The Balaban J connectivity index is 1.94. The first-order valence-corrected chi connectivity index (χ1v) is 12.2. The molecule has 2 aromatic rings. The van der Waals surface area contributed by atoms with Gasteiger partial charge in [-0.1, -0.05) is 32.2 Å². The molecule has 7 heteroatoms. The predicted molar refractivity (Wildman–Crippen MR) is 143 cm³/mol. The average molecular weight is 493 g/mol. The van der Waals surface area contributed by atoms with Crippen molar-refractivity contribution < 1.29 is 13.9 Å². The number of imidazole rings is 1. The number of ether oxygens (including phenoxy) is 2. The van der Waals surface area contributed by atoms with Crippen molar-refractivity contribution in [3.05, 3.63) is 108 Å². The molecule has 192 valence electrons. The highest BCUT2D eigenvalue weighted by Crippen LogP contribution is 2.32. The van der Waals surface area contributed by atoms with Crippen LogP contribution in [0.5, 0.6) is 0 Å². The first kappa shape index (κ1) is 26.9. The monoisotopic (exact) mass is 492 g/mol. The summed E-state index contributed by atoms with van der Waals surface area (Å²) in [6.45, 7) is 14.9. The largest absolute Gasteiger partial charge is 0.493 e. The maximum Gasteiger partial charge on any atom is 0.167 e. The summed E-state index contributed by atoms with van der Waals surface area (Å²) in [5.74, 6) is 0.771. The molecule has 6 nitrogen and oxygen atoms in total. The molecule has 0 saturated carbocycles. The Bertz CT molecular complexity index is 1140. The van der Waals surface area contributed by atoms with Crippen molar-refractivity contribution in [3.63, 3.8) is 0 Å². The van der Waals surface area contributed by atoms with Gasteiger partial charge in [0.25, 0.3) is 0 Å². The Morgan fingerprint density at radius 2 is 1.97 bits per heavy atom. The summed E-state index contributed by atoms with van der Waals surface area (Å²) in [5.41, 5.74) is 4.78. The van der Waals surface area contributed by atoms with Crippen LogP contribution in [0.25, 0.3) is 0 Å². The standard InChI is InChI=1S/C29H37FN4O2/c1-7-16-34(28-14-12-27(30)13-15-28)33-18-9-10-25(23(33)3)19-26(29(36-6)24(4)35-5)11-8-17-32-20-22(2)31-21-32/h8,11-15,19-21H,3-4,7,9-10,16-18H2,1-2,5-6H3/b11-8?,25-19+,29-26-. The zero-order chi connectivity index (χ0) is 26.1. The third-order valence-corrected chi connectivity index (χ3v) is 6.02. The summed E-state index contributed by atoms with van der Waals surface area (Å²) >= 11 is 0. The lowest BCUT2D eigenvalue weighted by atomic mass is 9.98. The van der Waals surface area contributed by atoms with Gasteiger partial charge >= 0.3 is 0 Å². The summed E-state index contributed by atoms with van der Waals surface area (Å²) in [7, 11) is 3.20. The highest BCUT2D eigenvalue weighted by atomic mass is 19.1. The lowest BCUT2D eigenvalue weighted by Crippen LogP contribution is -2.45. The van der Waals surface area contributed by atoms with Gasteiger partial charge in [0.05, 0.1) is 37.6 Å². The summed E-state index contributed by atoms with van der Waals surface area (Å²) in [4.78, 5) is 4.28. The lowest BCUT2D eigenvalue weighted by Gasteiger charge is -2.42. The van der Waals surface area contributed by atoms with E-state index >= 15 is 0 Å². The highest BCUT2D eigenvalue weighted by Gasteiger charge is 2.24. The molecule has 2 heterocycles. The first-order valence-electron chi connectivity index (χ1n) is 12.2. The topological polar surface area (TPSA) is 42.8 Å². The Labute approximate surface area is 214 Å². The molecule has 1 aromatic heterocycles. The quantitative estimate of drug-likeness (QED) is 0.271. The molecule has 0 bridgehead atoms. The lowest BCUT2D eigenvalue weighted by molar-refractivity contribution is 0.220. The molecule has 0 amide bonds. The molecule has 3 rings (SSSR count). The summed E-state index contributed by atoms with van der Waals surface area (Å²) in [6.07, 6.45) is 12.8. The minimum Gasteiger partial charge on any atom is -0.493 e. The van der Waals surface area contributed by atoms with E-state index in [4.69, 9.17) is 9.47 Å². The summed E-state index contributed by atoms with van der Waals surface area (Å²) in [5, 5.41) is 4.37. The molecular formula is C29H37FN4O2. The van der Waals surface area contributed by atoms with Crippen LogP contribution in [-0.2, 0) is 16.0 Å². The molecule has 1 aromatic carbocycles. The van der Waals surface area contributed by atoms with Gasteiger partial charge in [-0.2, -0.15) is 0 Å². The molecular weight excluding hydrogens is 455 g/mol. The Morgan fingerprint density at radius 3 is 2.58 bits per heavy atom. The van der Waals surface area contributed by atoms with Crippen LogP contribution >= 0.6 is 0 Å². The number of rotatable bonds is 11. The second-order valence-electron chi connectivity index (χ2n) is 8.67. The molecule has 1 fully saturated rings. The summed E-state index contributed by atoms with van der Waals surface area (Å²) < 4.78 is 26.7. The fourth-order valence-electron chi connectivity index (χ4n) is 4.24. The third-order valence-electron chi connectivity index (χ3n) is 6.02. The number of hydrazine groups is 1. The number of methoxy groups -OCH3 is 2. The average Bonchev–Trinajstić information content (AvgIpc) is 3.29. The van der Waals surface area contributed by atoms with Gasteiger partial charge in [0, 0.05) is 31.4 Å². The van der Waals surface area contributed by atoms with Gasteiger partial charge in [-0.3, -0.25) is 10.0 Å². The van der Waals surface area contributed by atoms with Crippen LogP contribution in [-0.4, -0.2) is 41.9 Å². The normalized spacial score (nSPS) is 15.9. The zero-order valence-corrected chi connectivity index (χ0v) is 21.8. The molecule has 1 aliphatic heterocycles. The highest BCUT2D eigenvalue weighted by molar-refractivity contribution is 5.50. The van der Waals surface area contributed by atoms with Crippen molar-refractivity contribution >= 4 is 5.69 Å². The van der Waals surface area contributed by atoms with Crippen molar-refractivity contribution in [2.24, 2.45) is 0 Å². The van der Waals surface area contributed by atoms with Gasteiger partial charge in [0.15, 0.2) is 11.5 Å². The van der Waals surface area contributed by atoms with Gasteiger partial charge in [-0.25, -0.2) is 9.37 Å². The number of allylic oxidation sites excluding steroid dienone is 5. The van der Waals surface area contributed by atoms with E-state index in [1.54, 1.807) is 14.2 Å². The van der Waals surface area contributed by atoms with E-state index in [1.165, 1.54) is 12.1 Å². The van der Waals surface area contributed by atoms with Crippen LogP contribution in [0.4, 0.5) is 10.1 Å². The van der Waals surface area contributed by atoms with E-state index in [0.29, 0.717) is 18.1 Å². The minimum absolute atomic E-state index is 0.244. The summed E-state index contributed by atoms with van der Waals surface area (Å²) in [6, 6.07) is 6.62. The van der Waals surface area contributed by atoms with Crippen LogP contribution in [0.2, 0.25) is 0 Å². The van der Waals surface area contributed by atoms with E-state index in [1.807, 2.05) is 42.2 Å². The van der Waals surface area contributed by atoms with Gasteiger partial charge in [-0.05, 0) is 62.1 Å². The molecule has 1 saturated heterocycles. The Kier molecular flexibility index (Phi) is 9.56. The number of aromatic nitrogens is 2. The van der Waals surface area contributed by atoms with E-state index < -0.39 is 0 Å². The van der Waals surface area contributed by atoms with Crippen molar-refractivity contribution in [2.75, 3.05) is 32.3 Å². The van der Waals surface area contributed by atoms with Crippen LogP contribution in [0.1, 0.15) is 31.9 Å². The molecule has 0 N–H and O–H groups in total. The Hall–Kier alpha value is -3.74. The van der Waals surface area contributed by atoms with Gasteiger partial charge in [0.1, 0.15) is 5.82 Å². The number of benzene rings is 1. The fraction of sp³-hybridized carbons (Fsp3) is 0.345. The predicted octanol–water partition coefficient (Wildman–Crippen LogP) is 6.31. The second-order valence-corrected chi connectivity index (χ2v) is 8.67. The third kappa shape index (κ3) is 6.68. The molecule has 0 spiro atoms. The maximum absolute atomic E-state index is 13.6. The number of hydrogen-bond donors (Lipinski definition) is 0. The van der Waals surface area contributed by atoms with Gasteiger partial charge in [-0.15, -0.1) is 0 Å². The number of halogens is 1. The molecule has 0 radical (unpaired) electrons. The van der Waals surface area contributed by atoms with E-state index in [2.05, 4.69) is 47.2 Å². The molecule has 0 atom stereocenters. The molecule has 0 unspecified atom stereocenters. The van der Waals surface area contributed by atoms with E-state index in [-0.39, 0.29) is 5.82 Å². The van der Waals surface area contributed by atoms with Gasteiger partial charge < -0.3 is 14.0 Å². The number of anilines is 1. The number of piperidine rings is 1. The number of nitrogens with zero attached hydrogens (tertiary/aromatic N) is 4. The van der Waals surface area contributed by atoms with E-state index in [9.17, 15) is 4.39 Å². The second kappa shape index (κ2) is 12.8. The molecule has 1 aliphatic rings. The maximum atomic E-state index is 13.6. The van der Waals surface area contributed by atoms with Crippen LogP contribution in [0, 0.1) is 12.7 Å². The number of hydrogen-bond acceptors (Lipinski definition) is 5.